The van der Waals surface area contributed by atoms with Crippen LogP contribution in [0.2, 0.25) is 5.02 Å². The molecule has 0 saturated heterocycles. The van der Waals surface area contributed by atoms with Gasteiger partial charge in [-0.15, -0.1) is 11.3 Å². The van der Waals surface area contributed by atoms with E-state index in [0.29, 0.717) is 15.8 Å². The number of nitrogens with zero attached hydrogens (tertiary/aromatic N) is 4. The molecule has 0 N–H and O–H groups in total. The van der Waals surface area contributed by atoms with Crippen molar-refractivity contribution in [2.24, 2.45) is 0 Å². The van der Waals surface area contributed by atoms with Crippen LogP contribution in [-0.2, 0) is 6.54 Å². The molecule has 3 aromatic heterocycles. The maximum Gasteiger partial charge on any atom is 0.336 e. The highest BCUT2D eigenvalue weighted by atomic mass is 35.5. The minimum atomic E-state index is -0.648. The molecule has 0 amide bonds. The van der Waals surface area contributed by atoms with Crippen molar-refractivity contribution in [3.05, 3.63) is 97.3 Å². The van der Waals surface area contributed by atoms with Gasteiger partial charge in [0.25, 0.3) is 5.56 Å². The summed E-state index contributed by atoms with van der Waals surface area (Å²) < 4.78 is 35.0. The van der Waals surface area contributed by atoms with Crippen LogP contribution < -0.4 is 11.2 Å². The standard InChI is InChI=1S/C21H11ClF2N4O3S/c22-14-6-1-11(9-15(14)24)19-25-17(31-26-19)10-27-16-7-8-32-18(16)20(29)28(21(27)30)13-4-2-12(23)3-5-13/h1-9H,10H2. The average molecular weight is 473 g/mol. The van der Waals surface area contributed by atoms with Gasteiger partial charge in [0.15, 0.2) is 0 Å². The first-order chi connectivity index (χ1) is 15.4. The van der Waals surface area contributed by atoms with Crippen LogP contribution in [0, 0.1) is 11.6 Å². The first-order valence-electron chi connectivity index (χ1n) is 9.19. The van der Waals surface area contributed by atoms with Gasteiger partial charge >= 0.3 is 5.69 Å². The molecule has 0 radical (unpaired) electrons. The lowest BCUT2D eigenvalue weighted by molar-refractivity contribution is 0.370. The van der Waals surface area contributed by atoms with Crippen LogP contribution in [0.3, 0.4) is 0 Å². The Morgan fingerprint density at radius 2 is 1.84 bits per heavy atom. The summed E-state index contributed by atoms with van der Waals surface area (Å²) >= 11 is 6.88. The molecule has 32 heavy (non-hydrogen) atoms. The van der Waals surface area contributed by atoms with Crippen molar-refractivity contribution in [3.8, 4) is 17.1 Å². The molecule has 11 heteroatoms. The van der Waals surface area contributed by atoms with Gasteiger partial charge < -0.3 is 4.52 Å². The van der Waals surface area contributed by atoms with Crippen molar-refractivity contribution in [1.29, 1.82) is 0 Å². The lowest BCUT2D eigenvalue weighted by atomic mass is 10.2. The van der Waals surface area contributed by atoms with Gasteiger partial charge in [0, 0.05) is 5.56 Å². The molecule has 2 aromatic carbocycles. The number of rotatable bonds is 4. The average Bonchev–Trinajstić information content (AvgIpc) is 3.44. The topological polar surface area (TPSA) is 82.9 Å². The smallest absolute Gasteiger partial charge is 0.336 e. The third-order valence-electron chi connectivity index (χ3n) is 4.78. The summed E-state index contributed by atoms with van der Waals surface area (Å²) in [5.74, 6) is -0.916. The van der Waals surface area contributed by atoms with Crippen LogP contribution >= 0.6 is 22.9 Å². The number of thiophene rings is 1. The number of hydrogen-bond acceptors (Lipinski definition) is 6. The Kier molecular flexibility index (Phi) is 4.95. The van der Waals surface area contributed by atoms with Gasteiger partial charge in [-0.25, -0.2) is 18.1 Å². The molecule has 160 valence electrons. The minimum absolute atomic E-state index is 0.0353. The summed E-state index contributed by atoms with van der Waals surface area (Å²) in [4.78, 5) is 30.4. The molecule has 0 unspecified atom stereocenters. The van der Waals surface area contributed by atoms with Crippen LogP contribution in [0.1, 0.15) is 5.89 Å². The quantitative estimate of drug-likeness (QED) is 0.390. The van der Waals surface area contributed by atoms with Crippen molar-refractivity contribution in [1.82, 2.24) is 19.3 Å². The van der Waals surface area contributed by atoms with E-state index in [-0.39, 0.29) is 29.0 Å². The summed E-state index contributed by atoms with van der Waals surface area (Å²) in [5, 5.41) is 5.49. The zero-order valence-electron chi connectivity index (χ0n) is 16.0. The maximum absolute atomic E-state index is 13.8. The molecule has 0 aliphatic rings. The van der Waals surface area contributed by atoms with Crippen molar-refractivity contribution in [3.63, 3.8) is 0 Å². The second kappa shape index (κ2) is 7.81. The third-order valence-corrected chi connectivity index (χ3v) is 5.98. The zero-order valence-corrected chi connectivity index (χ0v) is 17.5. The summed E-state index contributed by atoms with van der Waals surface area (Å²) in [6.07, 6.45) is 0. The lowest BCUT2D eigenvalue weighted by Crippen LogP contribution is -2.38. The molecule has 3 heterocycles. The van der Waals surface area contributed by atoms with E-state index in [1.165, 1.54) is 58.4 Å². The molecule has 0 saturated carbocycles. The minimum Gasteiger partial charge on any atom is -0.337 e. The van der Waals surface area contributed by atoms with E-state index in [9.17, 15) is 18.4 Å². The third kappa shape index (κ3) is 3.43. The monoisotopic (exact) mass is 472 g/mol. The molecule has 5 aromatic rings. The molecule has 0 aliphatic heterocycles. The predicted molar refractivity (Wildman–Crippen MR) is 115 cm³/mol. The van der Waals surface area contributed by atoms with Gasteiger partial charge in [-0.3, -0.25) is 9.36 Å². The van der Waals surface area contributed by atoms with Crippen LogP contribution in [-0.4, -0.2) is 19.3 Å². The van der Waals surface area contributed by atoms with Gasteiger partial charge in [0.05, 0.1) is 16.2 Å². The highest BCUT2D eigenvalue weighted by Crippen LogP contribution is 2.23. The van der Waals surface area contributed by atoms with E-state index in [0.717, 1.165) is 4.57 Å². The van der Waals surface area contributed by atoms with E-state index in [4.69, 9.17) is 16.1 Å². The Morgan fingerprint density at radius 3 is 2.59 bits per heavy atom. The number of aromatic nitrogens is 4. The summed E-state index contributed by atoms with van der Waals surface area (Å²) in [6, 6.07) is 10.8. The van der Waals surface area contributed by atoms with E-state index in [2.05, 4.69) is 10.1 Å². The molecule has 0 fully saturated rings. The second-order valence-electron chi connectivity index (χ2n) is 6.76. The first kappa shape index (κ1) is 20.3. The molecule has 0 spiro atoms. The SMILES string of the molecule is O=c1c2sccc2n(Cc2nc(-c3ccc(Cl)c(F)c3)no2)c(=O)n1-c1ccc(F)cc1. The molecule has 0 atom stereocenters. The molecule has 7 nitrogen and oxygen atoms in total. The lowest BCUT2D eigenvalue weighted by Gasteiger charge is -2.10. The van der Waals surface area contributed by atoms with E-state index in [1.807, 2.05) is 0 Å². The normalized spacial score (nSPS) is 11.3. The highest BCUT2D eigenvalue weighted by molar-refractivity contribution is 7.17. The number of halogens is 3. The summed E-state index contributed by atoms with van der Waals surface area (Å²) in [6.45, 7) is -0.128. The summed E-state index contributed by atoms with van der Waals surface area (Å²) in [5.41, 5.74) is -0.171. The van der Waals surface area contributed by atoms with Gasteiger partial charge in [0.2, 0.25) is 11.7 Å². The Hall–Kier alpha value is -3.63. The van der Waals surface area contributed by atoms with Gasteiger partial charge in [-0.1, -0.05) is 16.8 Å². The number of benzene rings is 2. The molecule has 5 rings (SSSR count). The molecular formula is C21H11ClF2N4O3S. The van der Waals surface area contributed by atoms with Crippen molar-refractivity contribution in [2.45, 2.75) is 6.54 Å². The van der Waals surface area contributed by atoms with Gasteiger partial charge in [-0.2, -0.15) is 4.98 Å². The Bertz CT molecular complexity index is 1590. The predicted octanol–water partition coefficient (Wildman–Crippen LogP) is 4.24. The highest BCUT2D eigenvalue weighted by Gasteiger charge is 2.18. The van der Waals surface area contributed by atoms with Crippen molar-refractivity contribution in [2.75, 3.05) is 0 Å². The zero-order chi connectivity index (χ0) is 22.4. The molecule has 0 bridgehead atoms. The molecular weight excluding hydrogens is 462 g/mol. The Balaban J connectivity index is 1.61. The van der Waals surface area contributed by atoms with E-state index >= 15 is 0 Å². The first-order valence-corrected chi connectivity index (χ1v) is 10.4. The number of fused-ring (bicyclic) bond motifs is 1. The summed E-state index contributed by atoms with van der Waals surface area (Å²) in [7, 11) is 0. The van der Waals surface area contributed by atoms with Crippen LogP contribution in [0.4, 0.5) is 8.78 Å². The fourth-order valence-electron chi connectivity index (χ4n) is 3.26. The van der Waals surface area contributed by atoms with E-state index in [1.54, 1.807) is 11.4 Å². The fraction of sp³-hybridized carbons (Fsp3) is 0.0476. The number of hydrogen-bond donors (Lipinski definition) is 0. The van der Waals surface area contributed by atoms with E-state index < -0.39 is 22.9 Å². The largest absolute Gasteiger partial charge is 0.337 e. The molecule has 0 aliphatic carbocycles. The Labute approximate surface area is 186 Å². The van der Waals surface area contributed by atoms with Crippen LogP contribution in [0.15, 0.2) is 68.0 Å². The van der Waals surface area contributed by atoms with Gasteiger partial charge in [-0.05, 0) is 53.9 Å². The van der Waals surface area contributed by atoms with Gasteiger partial charge in [0.1, 0.15) is 22.9 Å². The van der Waals surface area contributed by atoms with Crippen LogP contribution in [0.25, 0.3) is 27.3 Å². The maximum atomic E-state index is 13.8. The second-order valence-corrected chi connectivity index (χ2v) is 8.08. The van der Waals surface area contributed by atoms with Crippen molar-refractivity contribution < 1.29 is 13.3 Å². The van der Waals surface area contributed by atoms with Crippen LogP contribution in [0.5, 0.6) is 0 Å². The fourth-order valence-corrected chi connectivity index (χ4v) is 4.21. The Morgan fingerprint density at radius 1 is 1.06 bits per heavy atom. The van der Waals surface area contributed by atoms with Crippen molar-refractivity contribution >= 4 is 33.2 Å².